The van der Waals surface area contributed by atoms with E-state index in [1.54, 1.807) is 0 Å². The zero-order valence-corrected chi connectivity index (χ0v) is 11.9. The number of nitrogens with two attached hydrogens (primary N) is 1. The van der Waals surface area contributed by atoms with E-state index in [2.05, 4.69) is 10.3 Å². The van der Waals surface area contributed by atoms with Crippen molar-refractivity contribution in [2.75, 3.05) is 19.8 Å². The number of aromatic nitrogens is 1. The third kappa shape index (κ3) is 4.62. The van der Waals surface area contributed by atoms with Crippen LogP contribution in [0.3, 0.4) is 0 Å². The number of hydrogen-bond donors (Lipinski definition) is 3. The third-order valence-corrected chi connectivity index (χ3v) is 3.92. The average Bonchev–Trinajstić information content (AvgIpc) is 3.04. The molecule has 1 aliphatic rings. The molecule has 1 saturated carbocycles. The Bertz CT molecular complexity index is 563. The maximum absolute atomic E-state index is 11.7. The second kappa shape index (κ2) is 6.38. The van der Waals surface area contributed by atoms with Crippen molar-refractivity contribution in [3.63, 3.8) is 0 Å². The van der Waals surface area contributed by atoms with Gasteiger partial charge in [-0.1, -0.05) is 0 Å². The van der Waals surface area contributed by atoms with Gasteiger partial charge in [-0.15, -0.1) is 0 Å². The Morgan fingerprint density at radius 3 is 2.85 bits per heavy atom. The van der Waals surface area contributed by atoms with Crippen LogP contribution in [0.1, 0.15) is 29.8 Å². The van der Waals surface area contributed by atoms with Crippen LogP contribution in [0.5, 0.6) is 0 Å². The van der Waals surface area contributed by atoms with Crippen molar-refractivity contribution in [2.45, 2.75) is 24.2 Å². The van der Waals surface area contributed by atoms with E-state index >= 15 is 0 Å². The van der Waals surface area contributed by atoms with E-state index in [-0.39, 0.29) is 16.5 Å². The van der Waals surface area contributed by atoms with Gasteiger partial charge in [0, 0.05) is 26.0 Å². The van der Waals surface area contributed by atoms with Gasteiger partial charge < -0.3 is 15.0 Å². The van der Waals surface area contributed by atoms with Crippen molar-refractivity contribution in [3.8, 4) is 0 Å². The molecular formula is C12H19N3O4S. The first-order chi connectivity index (χ1) is 9.47. The molecule has 7 nitrogen and oxygen atoms in total. The number of amides is 1. The smallest absolute Gasteiger partial charge is 0.267 e. The summed E-state index contributed by atoms with van der Waals surface area (Å²) in [4.78, 5) is 14.2. The van der Waals surface area contributed by atoms with Gasteiger partial charge in [0.1, 0.15) is 5.69 Å². The summed E-state index contributed by atoms with van der Waals surface area (Å²) in [6, 6.07) is 1.22. The first kappa shape index (κ1) is 15.0. The Balaban J connectivity index is 1.67. The Morgan fingerprint density at radius 2 is 2.25 bits per heavy atom. The number of nitrogens with one attached hydrogen (secondary N) is 2. The average molecular weight is 301 g/mol. The summed E-state index contributed by atoms with van der Waals surface area (Å²) >= 11 is 0. The normalized spacial score (nSPS) is 15.2. The summed E-state index contributed by atoms with van der Waals surface area (Å²) < 4.78 is 27.6. The van der Waals surface area contributed by atoms with Crippen LogP contribution >= 0.6 is 0 Å². The lowest BCUT2D eigenvalue weighted by molar-refractivity contribution is 0.0933. The van der Waals surface area contributed by atoms with E-state index in [1.165, 1.54) is 25.1 Å². The summed E-state index contributed by atoms with van der Waals surface area (Å²) in [5, 5.41) is 7.64. The molecule has 1 amide bonds. The number of rotatable bonds is 8. The quantitative estimate of drug-likeness (QED) is 0.595. The molecule has 0 aliphatic heterocycles. The van der Waals surface area contributed by atoms with E-state index in [0.717, 1.165) is 18.9 Å². The monoisotopic (exact) mass is 301 g/mol. The fourth-order valence-corrected chi connectivity index (χ4v) is 2.18. The minimum absolute atomic E-state index is 0.101. The molecule has 8 heteroatoms. The van der Waals surface area contributed by atoms with Gasteiger partial charge in [-0.05, 0) is 31.2 Å². The lowest BCUT2D eigenvalue weighted by atomic mass is 10.4. The fourth-order valence-electron chi connectivity index (χ4n) is 1.68. The van der Waals surface area contributed by atoms with E-state index in [4.69, 9.17) is 9.88 Å². The molecule has 1 aromatic rings. The van der Waals surface area contributed by atoms with E-state index in [0.29, 0.717) is 13.2 Å². The van der Waals surface area contributed by atoms with Crippen molar-refractivity contribution in [1.82, 2.24) is 10.3 Å². The molecule has 0 bridgehead atoms. The van der Waals surface area contributed by atoms with Crippen LogP contribution in [0.4, 0.5) is 0 Å². The molecule has 0 saturated heterocycles. The highest BCUT2D eigenvalue weighted by molar-refractivity contribution is 7.89. The number of ether oxygens (including phenoxy) is 1. The zero-order chi connectivity index (χ0) is 14.6. The molecule has 1 aromatic heterocycles. The van der Waals surface area contributed by atoms with E-state index in [1.807, 2.05) is 0 Å². The Kier molecular flexibility index (Phi) is 4.79. The minimum Gasteiger partial charge on any atom is -0.381 e. The molecule has 0 spiro atoms. The van der Waals surface area contributed by atoms with Crippen molar-refractivity contribution in [3.05, 3.63) is 18.0 Å². The maximum Gasteiger partial charge on any atom is 0.267 e. The molecule has 0 radical (unpaired) electrons. The Morgan fingerprint density at radius 1 is 1.50 bits per heavy atom. The molecule has 1 aliphatic carbocycles. The second-order valence-corrected chi connectivity index (χ2v) is 6.48. The lowest BCUT2D eigenvalue weighted by Gasteiger charge is -2.04. The predicted octanol–water partition coefficient (Wildman–Crippen LogP) is 0.209. The van der Waals surface area contributed by atoms with Crippen molar-refractivity contribution < 1.29 is 17.9 Å². The first-order valence-corrected chi connectivity index (χ1v) is 8.08. The van der Waals surface area contributed by atoms with Crippen LogP contribution in [-0.2, 0) is 14.8 Å². The molecule has 4 N–H and O–H groups in total. The van der Waals surface area contributed by atoms with E-state index < -0.39 is 10.0 Å². The van der Waals surface area contributed by atoms with Crippen molar-refractivity contribution in [2.24, 2.45) is 11.1 Å². The molecule has 0 unspecified atom stereocenters. The highest BCUT2D eigenvalue weighted by Gasteiger charge is 2.20. The van der Waals surface area contributed by atoms with Crippen molar-refractivity contribution >= 4 is 15.9 Å². The van der Waals surface area contributed by atoms with Crippen LogP contribution < -0.4 is 10.5 Å². The minimum atomic E-state index is -3.78. The number of sulfonamides is 1. The van der Waals surface area contributed by atoms with Gasteiger partial charge in [-0.2, -0.15) is 0 Å². The molecule has 20 heavy (non-hydrogen) atoms. The Hall–Kier alpha value is -1.38. The molecular weight excluding hydrogens is 282 g/mol. The van der Waals surface area contributed by atoms with Crippen LogP contribution in [-0.4, -0.2) is 39.1 Å². The van der Waals surface area contributed by atoms with Gasteiger partial charge >= 0.3 is 0 Å². The highest BCUT2D eigenvalue weighted by Crippen LogP contribution is 2.28. The summed E-state index contributed by atoms with van der Waals surface area (Å²) in [5.41, 5.74) is 0.174. The topological polar surface area (TPSA) is 114 Å². The number of aromatic amines is 1. The van der Waals surface area contributed by atoms with E-state index in [9.17, 15) is 13.2 Å². The van der Waals surface area contributed by atoms with Gasteiger partial charge in [0.15, 0.2) is 0 Å². The van der Waals surface area contributed by atoms with Gasteiger partial charge in [-0.3, -0.25) is 4.79 Å². The molecule has 2 rings (SSSR count). The predicted molar refractivity (Wildman–Crippen MR) is 72.7 cm³/mol. The molecule has 0 aromatic carbocycles. The highest BCUT2D eigenvalue weighted by atomic mass is 32.2. The number of carbonyl (C=O) groups is 1. The number of primary sulfonamides is 1. The number of carbonyl (C=O) groups excluding carboxylic acids is 1. The van der Waals surface area contributed by atoms with Crippen LogP contribution in [0.15, 0.2) is 17.2 Å². The van der Waals surface area contributed by atoms with Crippen LogP contribution in [0.25, 0.3) is 0 Å². The number of hydrogen-bond acceptors (Lipinski definition) is 4. The summed E-state index contributed by atoms with van der Waals surface area (Å²) in [7, 11) is -3.78. The zero-order valence-electron chi connectivity index (χ0n) is 11.1. The summed E-state index contributed by atoms with van der Waals surface area (Å²) in [5.74, 6) is 0.377. The molecule has 112 valence electrons. The van der Waals surface area contributed by atoms with Crippen LogP contribution in [0.2, 0.25) is 0 Å². The SMILES string of the molecule is NS(=O)(=O)c1c[nH]c(C(=O)NCCCOCC2CC2)c1. The molecule has 1 heterocycles. The second-order valence-electron chi connectivity index (χ2n) is 4.92. The lowest BCUT2D eigenvalue weighted by Crippen LogP contribution is -2.25. The van der Waals surface area contributed by atoms with Gasteiger partial charge in [0.25, 0.3) is 5.91 Å². The molecule has 0 atom stereocenters. The van der Waals surface area contributed by atoms with Crippen LogP contribution in [0, 0.1) is 5.92 Å². The summed E-state index contributed by atoms with van der Waals surface area (Å²) in [6.07, 6.45) is 4.44. The van der Waals surface area contributed by atoms with Gasteiger partial charge in [0.05, 0.1) is 4.90 Å². The number of H-pyrrole nitrogens is 1. The third-order valence-electron chi connectivity index (χ3n) is 3.03. The van der Waals surface area contributed by atoms with Crippen molar-refractivity contribution in [1.29, 1.82) is 0 Å². The summed E-state index contributed by atoms with van der Waals surface area (Å²) in [6.45, 7) is 1.90. The molecule has 1 fully saturated rings. The largest absolute Gasteiger partial charge is 0.381 e. The standard InChI is InChI=1S/C12H19N3O4S/c13-20(17,18)10-6-11(15-7-10)12(16)14-4-1-5-19-8-9-2-3-9/h6-7,9,15H,1-5,8H2,(H,14,16)(H2,13,17,18). The fraction of sp³-hybridized carbons (Fsp3) is 0.583. The van der Waals surface area contributed by atoms with Gasteiger partial charge in [-0.25, -0.2) is 13.6 Å². The maximum atomic E-state index is 11.7. The Labute approximate surface area is 117 Å². The van der Waals surface area contributed by atoms with Gasteiger partial charge in [0.2, 0.25) is 10.0 Å². The first-order valence-electron chi connectivity index (χ1n) is 6.54.